The summed E-state index contributed by atoms with van der Waals surface area (Å²) in [6.07, 6.45) is 2.96. The highest BCUT2D eigenvalue weighted by atomic mass is 35.5. The molecule has 0 spiro atoms. The molecule has 0 heterocycles. The second-order valence-electron chi connectivity index (χ2n) is 5.36. The van der Waals surface area contributed by atoms with Gasteiger partial charge in [0.15, 0.2) is 0 Å². The van der Waals surface area contributed by atoms with Crippen molar-refractivity contribution in [1.82, 2.24) is 0 Å². The quantitative estimate of drug-likeness (QED) is 0.345. The number of rotatable bonds is 6. The van der Waals surface area contributed by atoms with E-state index in [4.69, 9.17) is 16.3 Å². The molecule has 0 saturated heterocycles. The monoisotopic (exact) mass is 380 g/mol. The molecule has 2 aromatic carbocycles. The number of carbonyl (C=O) groups is 2. The van der Waals surface area contributed by atoms with E-state index in [1.54, 1.807) is 25.1 Å². The molecule has 0 atom stereocenters. The lowest BCUT2D eigenvalue weighted by Crippen LogP contribution is -2.14. The topological polar surface area (TPSA) is 79.2 Å². The Labute approximate surface area is 162 Å². The molecule has 2 aromatic rings. The minimum absolute atomic E-state index is 0.137. The number of benzene rings is 2. The van der Waals surface area contributed by atoms with Gasteiger partial charge in [0.05, 0.1) is 12.2 Å². The summed E-state index contributed by atoms with van der Waals surface area (Å²) < 4.78 is 4.90. The predicted octanol–water partition coefficient (Wildman–Crippen LogP) is 4.53. The van der Waals surface area contributed by atoms with Gasteiger partial charge in [-0.1, -0.05) is 41.9 Å². The maximum Gasteiger partial charge on any atom is 0.338 e. The highest BCUT2D eigenvalue weighted by Crippen LogP contribution is 2.16. The van der Waals surface area contributed by atoms with E-state index in [1.807, 2.05) is 36.4 Å². The average Bonchev–Trinajstić information content (AvgIpc) is 2.67. The molecule has 2 rings (SSSR count). The lowest BCUT2D eigenvalue weighted by atomic mass is 10.1. The second kappa shape index (κ2) is 9.95. The molecule has 0 aliphatic carbocycles. The maximum absolute atomic E-state index is 12.3. The van der Waals surface area contributed by atoms with Crippen LogP contribution in [-0.4, -0.2) is 18.5 Å². The minimum atomic E-state index is -0.596. The van der Waals surface area contributed by atoms with Crippen LogP contribution in [0.25, 0.3) is 6.08 Å². The molecule has 136 valence electrons. The number of nitriles is 1. The summed E-state index contributed by atoms with van der Waals surface area (Å²) in [5, 5.41) is 12.1. The molecule has 6 heteroatoms. The van der Waals surface area contributed by atoms with Crippen molar-refractivity contribution in [3.63, 3.8) is 0 Å². The van der Waals surface area contributed by atoms with E-state index in [2.05, 4.69) is 5.32 Å². The van der Waals surface area contributed by atoms with E-state index < -0.39 is 11.9 Å². The number of anilines is 1. The van der Waals surface area contributed by atoms with Crippen molar-refractivity contribution in [3.05, 3.63) is 82.4 Å². The number of esters is 1. The SMILES string of the molecule is CCOC(=O)c1ccc(NC(=O)/C(C#N)=C/C(Cl)=C/c2ccccc2)cc1. The molecule has 0 aromatic heterocycles. The van der Waals surface area contributed by atoms with Crippen LogP contribution in [0.2, 0.25) is 0 Å². The van der Waals surface area contributed by atoms with Gasteiger partial charge in [-0.15, -0.1) is 0 Å². The Balaban J connectivity index is 2.09. The van der Waals surface area contributed by atoms with Crippen LogP contribution >= 0.6 is 11.6 Å². The van der Waals surface area contributed by atoms with Gasteiger partial charge in [0.2, 0.25) is 0 Å². The van der Waals surface area contributed by atoms with Crippen LogP contribution in [0.5, 0.6) is 0 Å². The summed E-state index contributed by atoms with van der Waals surface area (Å²) in [4.78, 5) is 23.9. The van der Waals surface area contributed by atoms with Gasteiger partial charge in [0.1, 0.15) is 11.6 Å². The first kappa shape index (κ1) is 20.0. The van der Waals surface area contributed by atoms with Crippen molar-refractivity contribution in [3.8, 4) is 6.07 Å². The third-order valence-corrected chi connectivity index (χ3v) is 3.62. The summed E-state index contributed by atoms with van der Waals surface area (Å²) in [7, 11) is 0. The van der Waals surface area contributed by atoms with Crippen molar-refractivity contribution in [2.24, 2.45) is 0 Å². The van der Waals surface area contributed by atoms with Gasteiger partial charge in [-0.05, 0) is 48.9 Å². The normalized spacial score (nSPS) is 11.4. The molecule has 0 fully saturated rings. The van der Waals surface area contributed by atoms with Crippen LogP contribution in [0.1, 0.15) is 22.8 Å². The Morgan fingerprint density at radius 1 is 1.15 bits per heavy atom. The Hall–Kier alpha value is -3.36. The first-order valence-electron chi connectivity index (χ1n) is 8.16. The van der Waals surface area contributed by atoms with Gasteiger partial charge >= 0.3 is 5.97 Å². The molecule has 0 bridgehead atoms. The molecule has 0 aliphatic heterocycles. The first-order chi connectivity index (χ1) is 13.0. The smallest absolute Gasteiger partial charge is 0.338 e. The number of amides is 1. The molecule has 1 amide bonds. The van der Waals surface area contributed by atoms with Crippen LogP contribution in [0.3, 0.4) is 0 Å². The number of hydrogen-bond donors (Lipinski definition) is 1. The lowest BCUT2D eigenvalue weighted by Gasteiger charge is -2.06. The van der Waals surface area contributed by atoms with Crippen molar-refractivity contribution >= 4 is 35.2 Å². The molecule has 0 aliphatic rings. The van der Waals surface area contributed by atoms with Crippen LogP contribution in [0.4, 0.5) is 5.69 Å². The third kappa shape index (κ3) is 6.14. The Morgan fingerprint density at radius 2 is 1.81 bits per heavy atom. The fraction of sp³-hybridized carbons (Fsp3) is 0.0952. The van der Waals surface area contributed by atoms with E-state index in [0.29, 0.717) is 11.3 Å². The number of ether oxygens (including phenoxy) is 1. The number of carbonyl (C=O) groups excluding carboxylic acids is 2. The summed E-state index contributed by atoms with van der Waals surface area (Å²) >= 11 is 6.12. The van der Waals surface area contributed by atoms with Crippen LogP contribution in [-0.2, 0) is 9.53 Å². The van der Waals surface area contributed by atoms with E-state index in [-0.39, 0.29) is 17.2 Å². The molecular formula is C21H17ClN2O3. The van der Waals surface area contributed by atoms with E-state index >= 15 is 0 Å². The van der Waals surface area contributed by atoms with Gasteiger partial charge in [-0.3, -0.25) is 4.79 Å². The van der Waals surface area contributed by atoms with Gasteiger partial charge in [-0.2, -0.15) is 5.26 Å². The zero-order valence-electron chi connectivity index (χ0n) is 14.6. The van der Waals surface area contributed by atoms with Gasteiger partial charge < -0.3 is 10.1 Å². The van der Waals surface area contributed by atoms with Crippen molar-refractivity contribution in [2.45, 2.75) is 6.92 Å². The molecule has 27 heavy (non-hydrogen) atoms. The molecule has 0 radical (unpaired) electrons. The predicted molar refractivity (Wildman–Crippen MR) is 105 cm³/mol. The number of halogens is 1. The maximum atomic E-state index is 12.3. The summed E-state index contributed by atoms with van der Waals surface area (Å²) in [6.45, 7) is 2.00. The molecule has 1 N–H and O–H groups in total. The van der Waals surface area contributed by atoms with E-state index in [0.717, 1.165) is 5.56 Å². The van der Waals surface area contributed by atoms with Crippen molar-refractivity contribution < 1.29 is 14.3 Å². The minimum Gasteiger partial charge on any atom is -0.462 e. The average molecular weight is 381 g/mol. The van der Waals surface area contributed by atoms with Gasteiger partial charge in [0.25, 0.3) is 5.91 Å². The number of nitrogens with one attached hydrogen (secondary N) is 1. The standard InChI is InChI=1S/C21H17ClN2O3/c1-2-27-21(26)16-8-10-19(11-9-16)24-20(25)17(14-23)13-18(22)12-15-6-4-3-5-7-15/h3-13H,2H2,1H3,(H,24,25)/b17-13+,18-12-. The number of allylic oxidation sites excluding steroid dienone is 2. The molecule has 0 unspecified atom stereocenters. The zero-order chi connectivity index (χ0) is 19.6. The highest BCUT2D eigenvalue weighted by molar-refractivity contribution is 6.33. The summed E-state index contributed by atoms with van der Waals surface area (Å²) in [6, 6.07) is 17.3. The second-order valence-corrected chi connectivity index (χ2v) is 5.80. The van der Waals surface area contributed by atoms with E-state index in [1.165, 1.54) is 18.2 Å². The van der Waals surface area contributed by atoms with E-state index in [9.17, 15) is 14.9 Å². The van der Waals surface area contributed by atoms with Crippen LogP contribution < -0.4 is 5.32 Å². The third-order valence-electron chi connectivity index (χ3n) is 3.41. The van der Waals surface area contributed by atoms with Crippen LogP contribution in [0.15, 0.2) is 71.3 Å². The largest absolute Gasteiger partial charge is 0.462 e. The Bertz CT molecular complexity index is 911. The molecule has 5 nitrogen and oxygen atoms in total. The number of hydrogen-bond acceptors (Lipinski definition) is 4. The fourth-order valence-electron chi connectivity index (χ4n) is 2.14. The van der Waals surface area contributed by atoms with Crippen LogP contribution in [0, 0.1) is 11.3 Å². The van der Waals surface area contributed by atoms with Gasteiger partial charge in [-0.25, -0.2) is 4.79 Å². The van der Waals surface area contributed by atoms with Crippen molar-refractivity contribution in [2.75, 3.05) is 11.9 Å². The summed E-state index contributed by atoms with van der Waals surface area (Å²) in [5.74, 6) is -1.04. The first-order valence-corrected chi connectivity index (χ1v) is 8.54. The Kier molecular flexibility index (Phi) is 7.36. The number of nitrogens with zero attached hydrogens (tertiary/aromatic N) is 1. The fourth-order valence-corrected chi connectivity index (χ4v) is 2.37. The Morgan fingerprint density at radius 3 is 2.41 bits per heavy atom. The van der Waals surface area contributed by atoms with Crippen molar-refractivity contribution in [1.29, 1.82) is 5.26 Å². The summed E-state index contributed by atoms with van der Waals surface area (Å²) in [5.41, 5.74) is 1.53. The zero-order valence-corrected chi connectivity index (χ0v) is 15.4. The van der Waals surface area contributed by atoms with Gasteiger partial charge in [0, 0.05) is 10.7 Å². The highest BCUT2D eigenvalue weighted by Gasteiger charge is 2.11. The lowest BCUT2D eigenvalue weighted by molar-refractivity contribution is -0.112. The molecule has 0 saturated carbocycles. The molecular weight excluding hydrogens is 364 g/mol.